The minimum Gasteiger partial charge on any atom is -0.326 e. The highest BCUT2D eigenvalue weighted by Gasteiger charge is 2.22. The molecule has 7 heteroatoms. The van der Waals surface area contributed by atoms with E-state index in [-0.39, 0.29) is 11.9 Å². The highest BCUT2D eigenvalue weighted by Crippen LogP contribution is 2.23. The molecule has 2 amide bonds. The Balaban J connectivity index is 1.76. The second-order valence-corrected chi connectivity index (χ2v) is 7.78. The van der Waals surface area contributed by atoms with Crippen molar-refractivity contribution in [2.45, 2.75) is 54.4 Å². The van der Waals surface area contributed by atoms with Crippen molar-refractivity contribution in [3.8, 4) is 0 Å². The van der Waals surface area contributed by atoms with Crippen molar-refractivity contribution in [1.82, 2.24) is 9.78 Å². The number of hydrogen-bond acceptors (Lipinski definition) is 4. The zero-order chi connectivity index (χ0) is 22.2. The van der Waals surface area contributed by atoms with Crippen LogP contribution in [0.1, 0.15) is 47.0 Å². The standard InChI is InChI=1S/C23H27N5O2/c1-12-10-13(2)21(14(3)11-12)25-20(29)9-8-19-17(6)27-28(18(19)7)23-24-16(5)15(4)22(30)26-23/h10-11H,4,8-9H2,1-3,5-7H3,(H,25,29). The van der Waals surface area contributed by atoms with Gasteiger partial charge in [0.25, 0.3) is 11.9 Å². The van der Waals surface area contributed by atoms with Gasteiger partial charge in [0, 0.05) is 17.8 Å². The Morgan fingerprint density at radius 2 is 1.70 bits per heavy atom. The van der Waals surface area contributed by atoms with E-state index in [0.29, 0.717) is 24.1 Å². The predicted octanol–water partition coefficient (Wildman–Crippen LogP) is 3.76. The minimum absolute atomic E-state index is 0.0491. The number of amides is 2. The molecular weight excluding hydrogens is 378 g/mol. The first-order valence-corrected chi connectivity index (χ1v) is 9.89. The van der Waals surface area contributed by atoms with Crippen LogP contribution in [0, 0.1) is 34.6 Å². The fourth-order valence-electron chi connectivity index (χ4n) is 3.70. The predicted molar refractivity (Wildman–Crippen MR) is 119 cm³/mol. The van der Waals surface area contributed by atoms with Gasteiger partial charge >= 0.3 is 0 Å². The van der Waals surface area contributed by atoms with Crippen LogP contribution in [0.15, 0.2) is 34.3 Å². The van der Waals surface area contributed by atoms with E-state index >= 15 is 0 Å². The van der Waals surface area contributed by atoms with Crippen LogP contribution in [0.5, 0.6) is 0 Å². The Morgan fingerprint density at radius 1 is 1.07 bits per heavy atom. The van der Waals surface area contributed by atoms with Crippen molar-refractivity contribution >= 4 is 29.2 Å². The maximum Gasteiger partial charge on any atom is 0.281 e. The number of hydrogen-bond donors (Lipinski definition) is 1. The van der Waals surface area contributed by atoms with Gasteiger partial charge in [-0.1, -0.05) is 24.3 Å². The van der Waals surface area contributed by atoms with Crippen molar-refractivity contribution in [3.63, 3.8) is 0 Å². The van der Waals surface area contributed by atoms with Crippen LogP contribution in [0.2, 0.25) is 0 Å². The molecule has 0 fully saturated rings. The third kappa shape index (κ3) is 4.15. The highest BCUT2D eigenvalue weighted by atomic mass is 16.2. The van der Waals surface area contributed by atoms with E-state index < -0.39 is 5.91 Å². The van der Waals surface area contributed by atoms with Gasteiger partial charge in [-0.05, 0) is 64.7 Å². The van der Waals surface area contributed by atoms with Gasteiger partial charge in [-0.15, -0.1) is 0 Å². The van der Waals surface area contributed by atoms with Gasteiger partial charge in [0.05, 0.1) is 17.0 Å². The molecule has 0 atom stereocenters. The van der Waals surface area contributed by atoms with Gasteiger partial charge in [0.1, 0.15) is 0 Å². The van der Waals surface area contributed by atoms with Crippen LogP contribution in [-0.4, -0.2) is 33.3 Å². The molecule has 0 saturated heterocycles. The van der Waals surface area contributed by atoms with E-state index in [9.17, 15) is 9.59 Å². The van der Waals surface area contributed by atoms with Crippen molar-refractivity contribution in [2.24, 2.45) is 9.98 Å². The first-order chi connectivity index (χ1) is 14.1. The van der Waals surface area contributed by atoms with E-state index in [0.717, 1.165) is 33.8 Å². The Labute approximate surface area is 176 Å². The third-order valence-electron chi connectivity index (χ3n) is 5.34. The lowest BCUT2D eigenvalue weighted by Gasteiger charge is -2.13. The summed E-state index contributed by atoms with van der Waals surface area (Å²) in [6.07, 6.45) is 0.856. The van der Waals surface area contributed by atoms with Crippen LogP contribution < -0.4 is 5.32 Å². The Hall–Kier alpha value is -3.35. The molecule has 30 heavy (non-hydrogen) atoms. The summed E-state index contributed by atoms with van der Waals surface area (Å²) in [6, 6.07) is 4.12. The summed E-state index contributed by atoms with van der Waals surface area (Å²) in [5, 5.41) is 7.53. The first kappa shape index (κ1) is 21.4. The Bertz CT molecular complexity index is 1110. The van der Waals surface area contributed by atoms with Crippen molar-refractivity contribution < 1.29 is 9.59 Å². The normalized spacial score (nSPS) is 13.9. The monoisotopic (exact) mass is 405 g/mol. The molecule has 3 rings (SSSR count). The molecule has 0 saturated carbocycles. The lowest BCUT2D eigenvalue weighted by molar-refractivity contribution is -0.116. The van der Waals surface area contributed by atoms with Crippen LogP contribution >= 0.6 is 0 Å². The quantitative estimate of drug-likeness (QED) is 0.786. The molecule has 156 valence electrons. The molecule has 2 heterocycles. The maximum atomic E-state index is 12.6. The summed E-state index contributed by atoms with van der Waals surface area (Å²) in [5.41, 5.74) is 7.53. The van der Waals surface area contributed by atoms with Gasteiger partial charge in [-0.2, -0.15) is 10.1 Å². The Morgan fingerprint density at radius 3 is 2.30 bits per heavy atom. The van der Waals surface area contributed by atoms with Crippen molar-refractivity contribution in [3.05, 3.63) is 57.9 Å². The van der Waals surface area contributed by atoms with Gasteiger partial charge in [-0.3, -0.25) is 9.59 Å². The number of anilines is 1. The molecule has 0 aliphatic carbocycles. The smallest absolute Gasteiger partial charge is 0.281 e. The fourth-order valence-corrected chi connectivity index (χ4v) is 3.70. The van der Waals surface area contributed by atoms with Gasteiger partial charge < -0.3 is 5.32 Å². The summed E-state index contributed by atoms with van der Waals surface area (Å²) in [7, 11) is 0. The zero-order valence-corrected chi connectivity index (χ0v) is 18.4. The molecule has 1 aromatic carbocycles. The molecule has 1 aliphatic heterocycles. The summed E-state index contributed by atoms with van der Waals surface area (Å²) < 4.78 is 1.56. The molecular formula is C23H27N5O2. The van der Waals surface area contributed by atoms with E-state index in [2.05, 4.69) is 39.1 Å². The second-order valence-electron chi connectivity index (χ2n) is 7.78. The van der Waals surface area contributed by atoms with Gasteiger partial charge in [0.2, 0.25) is 5.91 Å². The molecule has 0 bridgehead atoms. The molecule has 2 aromatic rings. The number of nitrogens with zero attached hydrogens (tertiary/aromatic N) is 4. The van der Waals surface area contributed by atoms with E-state index in [4.69, 9.17) is 0 Å². The number of nitrogens with one attached hydrogen (secondary N) is 1. The van der Waals surface area contributed by atoms with Crippen LogP contribution in [0.25, 0.3) is 0 Å². The van der Waals surface area contributed by atoms with Crippen LogP contribution in [0.3, 0.4) is 0 Å². The third-order valence-corrected chi connectivity index (χ3v) is 5.34. The summed E-state index contributed by atoms with van der Waals surface area (Å²) >= 11 is 0. The van der Waals surface area contributed by atoms with Crippen molar-refractivity contribution in [1.29, 1.82) is 0 Å². The second kappa shape index (κ2) is 8.18. The van der Waals surface area contributed by atoms with Crippen molar-refractivity contribution in [2.75, 3.05) is 5.32 Å². The average Bonchev–Trinajstić information content (AvgIpc) is 2.94. The van der Waals surface area contributed by atoms with E-state index in [1.54, 1.807) is 11.6 Å². The molecule has 0 radical (unpaired) electrons. The molecule has 1 aliphatic rings. The molecule has 1 N–H and O–H groups in total. The Kier molecular flexibility index (Phi) is 5.82. The number of carbonyl (C=O) groups excluding carboxylic acids is 2. The molecule has 1 aromatic heterocycles. The summed E-state index contributed by atoms with van der Waals surface area (Å²) in [4.78, 5) is 32.9. The van der Waals surface area contributed by atoms with E-state index in [1.807, 2.05) is 34.6 Å². The van der Waals surface area contributed by atoms with Gasteiger partial charge in [-0.25, -0.2) is 9.67 Å². The lowest BCUT2D eigenvalue weighted by Crippen LogP contribution is -2.23. The average molecular weight is 406 g/mol. The van der Waals surface area contributed by atoms with Crippen LogP contribution in [0.4, 0.5) is 5.69 Å². The highest BCUT2D eigenvalue weighted by molar-refractivity contribution is 6.27. The number of aromatic nitrogens is 2. The first-order valence-electron chi connectivity index (χ1n) is 9.89. The lowest BCUT2D eigenvalue weighted by atomic mass is 10.0. The summed E-state index contributed by atoms with van der Waals surface area (Å²) in [5.74, 6) is -0.228. The largest absolute Gasteiger partial charge is 0.326 e. The maximum absolute atomic E-state index is 12.6. The van der Waals surface area contributed by atoms with Crippen LogP contribution in [-0.2, 0) is 16.0 Å². The number of rotatable bonds is 4. The molecule has 0 spiro atoms. The topological polar surface area (TPSA) is 88.7 Å². The minimum atomic E-state index is -0.408. The van der Waals surface area contributed by atoms with Gasteiger partial charge in [0.15, 0.2) is 0 Å². The number of benzene rings is 1. The van der Waals surface area contributed by atoms with E-state index in [1.165, 1.54) is 5.56 Å². The fraction of sp³-hybridized carbons (Fsp3) is 0.348. The SMILES string of the molecule is C=C1C(=O)N=C(n2nc(C)c(CCC(=O)Nc3c(C)cc(C)cc3C)c2C)N=C1C. The number of carbonyl (C=O) groups is 2. The molecule has 0 unspecified atom stereocenters. The summed E-state index contributed by atoms with van der Waals surface area (Å²) in [6.45, 7) is 15.2. The number of aliphatic imine (C=N–C) groups is 2. The zero-order valence-electron chi connectivity index (χ0n) is 18.4. The molecule has 7 nitrogen and oxygen atoms in total. The number of aryl methyl sites for hydroxylation is 4.